The van der Waals surface area contributed by atoms with Crippen LogP contribution in [0, 0.1) is 5.92 Å². The summed E-state index contributed by atoms with van der Waals surface area (Å²) in [6.07, 6.45) is 1.04. The van der Waals surface area contributed by atoms with Crippen LogP contribution in [0.5, 0.6) is 0 Å². The van der Waals surface area contributed by atoms with Gasteiger partial charge in [-0.15, -0.1) is 0 Å². The van der Waals surface area contributed by atoms with Crippen molar-refractivity contribution in [3.8, 4) is 0 Å². The van der Waals surface area contributed by atoms with E-state index in [4.69, 9.17) is 0 Å². The molecule has 1 saturated heterocycles. The molecule has 0 N–H and O–H groups in total. The number of carbonyl (C=O) groups is 1. The molecule has 2 aromatic heterocycles. The Kier molecular flexibility index (Phi) is 4.46. The van der Waals surface area contributed by atoms with Crippen LogP contribution in [0.2, 0.25) is 0 Å². The van der Waals surface area contributed by atoms with Gasteiger partial charge in [-0.25, -0.2) is 9.97 Å². The maximum Gasteiger partial charge on any atom is 0.433 e. The SMILES string of the molecule is O=C(c1cccnc1)[C@H]1CCCN(c2nccc(C(F)(F)F)n2)C1. The van der Waals surface area contributed by atoms with Gasteiger partial charge in [-0.05, 0) is 31.0 Å². The Hall–Kier alpha value is -2.51. The van der Waals surface area contributed by atoms with E-state index < -0.39 is 11.9 Å². The van der Waals surface area contributed by atoms with Crippen molar-refractivity contribution in [3.05, 3.63) is 48.0 Å². The van der Waals surface area contributed by atoms with Crippen LogP contribution in [0.25, 0.3) is 0 Å². The number of alkyl halides is 3. The summed E-state index contributed by atoms with van der Waals surface area (Å²) in [7, 11) is 0. The van der Waals surface area contributed by atoms with Crippen LogP contribution < -0.4 is 4.90 Å². The molecule has 1 atom stereocenters. The van der Waals surface area contributed by atoms with E-state index in [0.29, 0.717) is 31.5 Å². The van der Waals surface area contributed by atoms with Gasteiger partial charge in [-0.3, -0.25) is 9.78 Å². The number of aromatic nitrogens is 3. The van der Waals surface area contributed by atoms with Crippen LogP contribution in [-0.4, -0.2) is 33.8 Å². The van der Waals surface area contributed by atoms with Gasteiger partial charge in [0.05, 0.1) is 0 Å². The zero-order chi connectivity index (χ0) is 17.2. The molecule has 0 amide bonds. The summed E-state index contributed by atoms with van der Waals surface area (Å²) in [6, 6.07) is 4.21. The quantitative estimate of drug-likeness (QED) is 0.807. The molecule has 5 nitrogen and oxygen atoms in total. The summed E-state index contributed by atoms with van der Waals surface area (Å²) < 4.78 is 38.4. The van der Waals surface area contributed by atoms with Gasteiger partial charge in [0.25, 0.3) is 0 Å². The Morgan fingerprint density at radius 3 is 2.79 bits per heavy atom. The van der Waals surface area contributed by atoms with Gasteiger partial charge in [-0.2, -0.15) is 13.2 Å². The molecule has 1 aliphatic heterocycles. The fraction of sp³-hybridized carbons (Fsp3) is 0.375. The first-order valence-corrected chi connectivity index (χ1v) is 7.54. The number of Topliss-reactive ketones (excluding diaryl/α,β-unsaturated/α-hetero) is 1. The van der Waals surface area contributed by atoms with E-state index in [2.05, 4.69) is 15.0 Å². The summed E-state index contributed by atoms with van der Waals surface area (Å²) in [5.41, 5.74) is -0.470. The molecular weight excluding hydrogens is 321 g/mol. The molecule has 0 aliphatic carbocycles. The second-order valence-corrected chi connectivity index (χ2v) is 5.63. The van der Waals surface area contributed by atoms with Gasteiger partial charge in [0.1, 0.15) is 5.69 Å². The zero-order valence-electron chi connectivity index (χ0n) is 12.7. The van der Waals surface area contributed by atoms with Crippen molar-refractivity contribution in [2.45, 2.75) is 19.0 Å². The highest BCUT2D eigenvalue weighted by atomic mass is 19.4. The maximum absolute atomic E-state index is 12.8. The van der Waals surface area contributed by atoms with E-state index in [9.17, 15) is 18.0 Å². The van der Waals surface area contributed by atoms with Gasteiger partial charge >= 0.3 is 6.18 Å². The highest BCUT2D eigenvalue weighted by Crippen LogP contribution is 2.29. The first-order chi connectivity index (χ1) is 11.4. The molecule has 0 aromatic carbocycles. The minimum absolute atomic E-state index is 0.00788. The van der Waals surface area contributed by atoms with Crippen molar-refractivity contribution in [1.29, 1.82) is 0 Å². The minimum Gasteiger partial charge on any atom is -0.340 e. The highest BCUT2D eigenvalue weighted by Gasteiger charge is 2.34. The van der Waals surface area contributed by atoms with Crippen molar-refractivity contribution in [2.24, 2.45) is 5.92 Å². The molecule has 2 aromatic rings. The summed E-state index contributed by atoms with van der Waals surface area (Å²) >= 11 is 0. The van der Waals surface area contributed by atoms with E-state index in [1.54, 1.807) is 23.2 Å². The molecule has 1 aliphatic rings. The van der Waals surface area contributed by atoms with Crippen LogP contribution in [-0.2, 0) is 6.18 Å². The van der Waals surface area contributed by atoms with Crippen molar-refractivity contribution in [1.82, 2.24) is 15.0 Å². The third-order valence-corrected chi connectivity index (χ3v) is 3.95. The van der Waals surface area contributed by atoms with Crippen molar-refractivity contribution >= 4 is 11.7 Å². The van der Waals surface area contributed by atoms with E-state index in [-0.39, 0.29) is 17.6 Å². The molecule has 0 bridgehead atoms. The van der Waals surface area contributed by atoms with E-state index in [1.165, 1.54) is 6.20 Å². The number of ketones is 1. The molecule has 0 unspecified atom stereocenters. The average Bonchev–Trinajstić information content (AvgIpc) is 2.61. The number of pyridine rings is 1. The molecule has 0 saturated carbocycles. The van der Waals surface area contributed by atoms with Gasteiger partial charge < -0.3 is 4.90 Å². The monoisotopic (exact) mass is 336 g/mol. The summed E-state index contributed by atoms with van der Waals surface area (Å²) in [5.74, 6) is -0.352. The summed E-state index contributed by atoms with van der Waals surface area (Å²) in [6.45, 7) is 0.827. The van der Waals surface area contributed by atoms with Gasteiger partial charge in [0.15, 0.2) is 5.78 Å². The number of nitrogens with zero attached hydrogens (tertiary/aromatic N) is 4. The van der Waals surface area contributed by atoms with Crippen LogP contribution in [0.15, 0.2) is 36.8 Å². The summed E-state index contributed by atoms with van der Waals surface area (Å²) in [5, 5.41) is 0. The lowest BCUT2D eigenvalue weighted by Crippen LogP contribution is -2.40. The summed E-state index contributed by atoms with van der Waals surface area (Å²) in [4.78, 5) is 25.6. The fourth-order valence-electron chi connectivity index (χ4n) is 2.78. The molecule has 8 heteroatoms. The van der Waals surface area contributed by atoms with Crippen molar-refractivity contribution in [3.63, 3.8) is 0 Å². The third kappa shape index (κ3) is 3.52. The Morgan fingerprint density at radius 2 is 2.08 bits per heavy atom. The highest BCUT2D eigenvalue weighted by molar-refractivity contribution is 5.98. The zero-order valence-corrected chi connectivity index (χ0v) is 12.7. The van der Waals surface area contributed by atoms with Crippen LogP contribution in [0.3, 0.4) is 0 Å². The van der Waals surface area contributed by atoms with E-state index >= 15 is 0 Å². The Balaban J connectivity index is 1.78. The number of hydrogen-bond donors (Lipinski definition) is 0. The first kappa shape index (κ1) is 16.4. The van der Waals surface area contributed by atoms with Gasteiger partial charge in [-0.1, -0.05) is 0 Å². The van der Waals surface area contributed by atoms with Crippen LogP contribution >= 0.6 is 0 Å². The molecule has 3 heterocycles. The maximum atomic E-state index is 12.8. The molecule has 126 valence electrons. The van der Waals surface area contributed by atoms with Crippen molar-refractivity contribution < 1.29 is 18.0 Å². The number of rotatable bonds is 3. The Labute approximate surface area is 136 Å². The second kappa shape index (κ2) is 6.54. The van der Waals surface area contributed by atoms with E-state index in [1.807, 2.05) is 0 Å². The van der Waals surface area contributed by atoms with Gasteiger partial charge in [0.2, 0.25) is 5.95 Å². The predicted molar refractivity (Wildman–Crippen MR) is 80.5 cm³/mol. The molecule has 0 radical (unpaired) electrons. The molecule has 24 heavy (non-hydrogen) atoms. The lowest BCUT2D eigenvalue weighted by molar-refractivity contribution is -0.141. The second-order valence-electron chi connectivity index (χ2n) is 5.63. The lowest BCUT2D eigenvalue weighted by Gasteiger charge is -2.32. The lowest BCUT2D eigenvalue weighted by atomic mass is 9.91. The smallest absolute Gasteiger partial charge is 0.340 e. The minimum atomic E-state index is -4.52. The average molecular weight is 336 g/mol. The Bertz CT molecular complexity index is 721. The third-order valence-electron chi connectivity index (χ3n) is 3.95. The topological polar surface area (TPSA) is 59.0 Å². The number of hydrogen-bond acceptors (Lipinski definition) is 5. The largest absolute Gasteiger partial charge is 0.433 e. The van der Waals surface area contributed by atoms with E-state index in [0.717, 1.165) is 12.3 Å². The fourth-order valence-corrected chi connectivity index (χ4v) is 2.78. The molecule has 1 fully saturated rings. The van der Waals surface area contributed by atoms with Crippen molar-refractivity contribution in [2.75, 3.05) is 18.0 Å². The number of piperidine rings is 1. The number of carbonyl (C=O) groups excluding carboxylic acids is 1. The predicted octanol–water partition coefficient (Wildman–Crippen LogP) is 2.99. The molecular formula is C16H15F3N4O. The Morgan fingerprint density at radius 1 is 1.25 bits per heavy atom. The number of halogens is 3. The number of anilines is 1. The van der Waals surface area contributed by atoms with Crippen LogP contribution in [0.1, 0.15) is 28.9 Å². The van der Waals surface area contributed by atoms with Crippen LogP contribution in [0.4, 0.5) is 19.1 Å². The first-order valence-electron chi connectivity index (χ1n) is 7.54. The molecule has 0 spiro atoms. The van der Waals surface area contributed by atoms with Gasteiger partial charge in [0, 0.05) is 43.2 Å². The normalized spacial score (nSPS) is 18.5. The standard InChI is InChI=1S/C16H15F3N4O/c17-16(18,19)13-5-7-21-15(22-13)23-8-2-4-12(10-23)14(24)11-3-1-6-20-9-11/h1,3,5-7,9,12H,2,4,8,10H2/t12-/m0/s1. The molecule has 3 rings (SSSR count).